The summed E-state index contributed by atoms with van der Waals surface area (Å²) < 4.78 is 11.2. The van der Waals surface area contributed by atoms with Crippen LogP contribution in [0.15, 0.2) is 18.2 Å². The molecular weight excluding hydrogens is 296 g/mol. The first-order chi connectivity index (χ1) is 11.2. The van der Waals surface area contributed by atoms with E-state index in [1.54, 1.807) is 11.0 Å². The number of rotatable bonds is 1. The van der Waals surface area contributed by atoms with E-state index in [1.807, 2.05) is 12.1 Å². The van der Waals surface area contributed by atoms with Crippen LogP contribution in [0.3, 0.4) is 0 Å². The van der Waals surface area contributed by atoms with E-state index in [9.17, 15) is 9.59 Å². The van der Waals surface area contributed by atoms with Gasteiger partial charge in [0.2, 0.25) is 0 Å². The average Bonchev–Trinajstić information content (AvgIpc) is 2.87. The van der Waals surface area contributed by atoms with Crippen LogP contribution >= 0.6 is 0 Å². The summed E-state index contributed by atoms with van der Waals surface area (Å²) >= 11 is 0. The van der Waals surface area contributed by atoms with Gasteiger partial charge in [0, 0.05) is 36.5 Å². The van der Waals surface area contributed by atoms with Crippen molar-refractivity contribution in [3.63, 3.8) is 0 Å². The molecule has 1 aromatic carbocycles. The first-order valence-electron chi connectivity index (χ1n) is 8.18. The van der Waals surface area contributed by atoms with Gasteiger partial charge in [-0.3, -0.25) is 9.59 Å². The second kappa shape index (κ2) is 5.62. The molecule has 3 aliphatic heterocycles. The number of amides is 2. The van der Waals surface area contributed by atoms with E-state index in [2.05, 4.69) is 5.32 Å². The Bertz CT molecular complexity index is 646. The zero-order valence-corrected chi connectivity index (χ0v) is 13.0. The third kappa shape index (κ3) is 2.33. The molecule has 0 radical (unpaired) electrons. The van der Waals surface area contributed by atoms with Crippen LogP contribution in [0.1, 0.15) is 35.2 Å². The standard InChI is InChI=1S/C17H20N2O4/c20-15(19-6-9-22-10-7-19)12-3-4-14-13(11-12)17(16(21)18-14)5-1-2-8-23-17/h3-4,11H,1-2,5-10H2,(H,18,21). The number of morpholine rings is 1. The van der Waals surface area contributed by atoms with Gasteiger partial charge in [0.1, 0.15) is 0 Å². The van der Waals surface area contributed by atoms with E-state index in [4.69, 9.17) is 9.47 Å². The molecule has 1 N–H and O–H groups in total. The summed E-state index contributed by atoms with van der Waals surface area (Å²) in [6.45, 7) is 2.94. The average molecular weight is 316 g/mol. The predicted molar refractivity (Wildman–Crippen MR) is 83.3 cm³/mol. The SMILES string of the molecule is O=C(c1ccc2c(c1)C1(CCCCO1)C(=O)N2)N1CCOCC1. The van der Waals surface area contributed by atoms with Crippen LogP contribution < -0.4 is 5.32 Å². The molecule has 0 saturated carbocycles. The molecule has 3 aliphatic rings. The Morgan fingerprint density at radius 3 is 2.74 bits per heavy atom. The molecule has 2 amide bonds. The van der Waals surface area contributed by atoms with Crippen LogP contribution in [0.4, 0.5) is 5.69 Å². The number of nitrogens with one attached hydrogen (secondary N) is 1. The second-order valence-corrected chi connectivity index (χ2v) is 6.25. The zero-order valence-electron chi connectivity index (χ0n) is 13.0. The van der Waals surface area contributed by atoms with Crippen LogP contribution in [0.2, 0.25) is 0 Å². The summed E-state index contributed by atoms with van der Waals surface area (Å²) in [5.74, 6) is -0.121. The number of hydrogen-bond donors (Lipinski definition) is 1. The molecule has 1 spiro atoms. The van der Waals surface area contributed by atoms with E-state index in [-0.39, 0.29) is 11.8 Å². The van der Waals surface area contributed by atoms with Crippen LogP contribution in [0.5, 0.6) is 0 Å². The molecule has 3 heterocycles. The minimum Gasteiger partial charge on any atom is -0.378 e. The van der Waals surface area contributed by atoms with Crippen molar-refractivity contribution < 1.29 is 19.1 Å². The predicted octanol–water partition coefficient (Wildman–Crippen LogP) is 1.51. The highest BCUT2D eigenvalue weighted by atomic mass is 16.5. The molecule has 122 valence electrons. The van der Waals surface area contributed by atoms with Crippen molar-refractivity contribution in [2.75, 3.05) is 38.2 Å². The second-order valence-electron chi connectivity index (χ2n) is 6.25. The van der Waals surface area contributed by atoms with Crippen molar-refractivity contribution in [2.45, 2.75) is 24.9 Å². The van der Waals surface area contributed by atoms with Gasteiger partial charge < -0.3 is 19.7 Å². The molecule has 4 rings (SSSR count). The lowest BCUT2D eigenvalue weighted by molar-refractivity contribution is -0.147. The van der Waals surface area contributed by atoms with Crippen molar-refractivity contribution in [2.24, 2.45) is 0 Å². The minimum atomic E-state index is -0.908. The molecule has 2 fully saturated rings. The van der Waals surface area contributed by atoms with Gasteiger partial charge in [-0.2, -0.15) is 0 Å². The maximum atomic E-state index is 12.7. The van der Waals surface area contributed by atoms with Crippen molar-refractivity contribution in [3.05, 3.63) is 29.3 Å². The number of carbonyl (C=O) groups excluding carboxylic acids is 2. The number of anilines is 1. The molecule has 0 aliphatic carbocycles. The number of carbonyl (C=O) groups is 2. The van der Waals surface area contributed by atoms with Gasteiger partial charge >= 0.3 is 0 Å². The molecule has 2 saturated heterocycles. The van der Waals surface area contributed by atoms with Gasteiger partial charge in [0.05, 0.1) is 13.2 Å². The molecule has 23 heavy (non-hydrogen) atoms. The Kier molecular flexibility index (Phi) is 3.58. The maximum absolute atomic E-state index is 12.7. The summed E-state index contributed by atoms with van der Waals surface area (Å²) in [5, 5.41) is 2.89. The van der Waals surface area contributed by atoms with E-state index in [0.717, 1.165) is 24.1 Å². The molecule has 1 atom stereocenters. The highest BCUT2D eigenvalue weighted by Gasteiger charge is 2.49. The van der Waals surface area contributed by atoms with E-state index in [0.29, 0.717) is 44.9 Å². The summed E-state index contributed by atoms with van der Waals surface area (Å²) in [5.41, 5.74) is 1.27. The largest absolute Gasteiger partial charge is 0.378 e. The number of nitrogens with zero attached hydrogens (tertiary/aromatic N) is 1. The number of benzene rings is 1. The van der Waals surface area contributed by atoms with Crippen LogP contribution in [0, 0.1) is 0 Å². The van der Waals surface area contributed by atoms with Crippen LogP contribution in [0.25, 0.3) is 0 Å². The molecule has 6 heteroatoms. The fourth-order valence-electron chi connectivity index (χ4n) is 3.60. The van der Waals surface area contributed by atoms with Gasteiger partial charge in [0.15, 0.2) is 5.60 Å². The minimum absolute atomic E-state index is 0.0126. The summed E-state index contributed by atoms with van der Waals surface area (Å²) in [6.07, 6.45) is 2.59. The number of ether oxygens (including phenoxy) is 2. The van der Waals surface area contributed by atoms with Crippen molar-refractivity contribution in [1.82, 2.24) is 4.90 Å². The molecule has 1 aromatic rings. The Hall–Kier alpha value is -1.92. The fourth-order valence-corrected chi connectivity index (χ4v) is 3.60. The van der Waals surface area contributed by atoms with Crippen LogP contribution in [-0.4, -0.2) is 49.6 Å². The Morgan fingerprint density at radius 2 is 2.00 bits per heavy atom. The lowest BCUT2D eigenvalue weighted by atomic mass is 9.86. The van der Waals surface area contributed by atoms with Gasteiger partial charge in [0.25, 0.3) is 11.8 Å². The van der Waals surface area contributed by atoms with Gasteiger partial charge in [-0.15, -0.1) is 0 Å². The summed E-state index contributed by atoms with van der Waals surface area (Å²) in [7, 11) is 0. The van der Waals surface area contributed by atoms with Crippen molar-refractivity contribution >= 4 is 17.5 Å². The Balaban J connectivity index is 1.67. The lowest BCUT2D eigenvalue weighted by Gasteiger charge is -2.32. The van der Waals surface area contributed by atoms with E-state index < -0.39 is 5.60 Å². The summed E-state index contributed by atoms with van der Waals surface area (Å²) in [4.78, 5) is 26.9. The monoisotopic (exact) mass is 316 g/mol. The van der Waals surface area contributed by atoms with Crippen LogP contribution in [-0.2, 0) is 19.9 Å². The van der Waals surface area contributed by atoms with Crippen molar-refractivity contribution in [3.8, 4) is 0 Å². The molecule has 1 unspecified atom stereocenters. The third-order valence-electron chi connectivity index (χ3n) is 4.89. The Labute approximate surface area is 134 Å². The normalized spacial score (nSPS) is 27.0. The zero-order chi connectivity index (χ0) is 15.9. The fraction of sp³-hybridized carbons (Fsp3) is 0.529. The van der Waals surface area contributed by atoms with Crippen molar-refractivity contribution in [1.29, 1.82) is 0 Å². The van der Waals surface area contributed by atoms with Gasteiger partial charge in [-0.25, -0.2) is 0 Å². The lowest BCUT2D eigenvalue weighted by Crippen LogP contribution is -2.41. The number of hydrogen-bond acceptors (Lipinski definition) is 4. The first-order valence-corrected chi connectivity index (χ1v) is 8.18. The highest BCUT2D eigenvalue weighted by molar-refractivity contribution is 6.06. The smallest absolute Gasteiger partial charge is 0.261 e. The molecule has 6 nitrogen and oxygen atoms in total. The molecule has 0 aromatic heterocycles. The van der Waals surface area contributed by atoms with E-state index >= 15 is 0 Å². The third-order valence-corrected chi connectivity index (χ3v) is 4.89. The summed E-state index contributed by atoms with van der Waals surface area (Å²) in [6, 6.07) is 5.42. The molecule has 0 bridgehead atoms. The topological polar surface area (TPSA) is 67.9 Å². The quantitative estimate of drug-likeness (QED) is 0.853. The number of fused-ring (bicyclic) bond motifs is 2. The molecular formula is C17H20N2O4. The van der Waals surface area contributed by atoms with E-state index in [1.165, 1.54) is 0 Å². The van der Waals surface area contributed by atoms with Gasteiger partial charge in [-0.05, 0) is 37.5 Å². The Morgan fingerprint density at radius 1 is 1.17 bits per heavy atom. The highest BCUT2D eigenvalue weighted by Crippen LogP contribution is 2.44. The van der Waals surface area contributed by atoms with Gasteiger partial charge in [-0.1, -0.05) is 0 Å². The first kappa shape index (κ1) is 14.7. The maximum Gasteiger partial charge on any atom is 0.261 e.